The van der Waals surface area contributed by atoms with E-state index in [1.165, 1.54) is 16.3 Å². The van der Waals surface area contributed by atoms with E-state index in [1.54, 1.807) is 30.1 Å². The SMILES string of the molecule is CSc1ccc(/C=N/NC(=O)CSc2nc3ccccc3c(=O)n2-c2ccccc2)cc1. The van der Waals surface area contributed by atoms with Crippen LogP contribution in [0.2, 0.25) is 0 Å². The highest BCUT2D eigenvalue weighted by molar-refractivity contribution is 7.99. The fourth-order valence-corrected chi connectivity index (χ4v) is 4.26. The molecule has 1 N–H and O–H groups in total. The second kappa shape index (κ2) is 10.3. The zero-order valence-corrected chi connectivity index (χ0v) is 18.9. The van der Waals surface area contributed by atoms with Gasteiger partial charge in [-0.25, -0.2) is 10.4 Å². The van der Waals surface area contributed by atoms with Gasteiger partial charge in [0.25, 0.3) is 11.5 Å². The predicted molar refractivity (Wildman–Crippen MR) is 132 cm³/mol. The number of hydrogen-bond acceptors (Lipinski definition) is 6. The van der Waals surface area contributed by atoms with E-state index in [9.17, 15) is 9.59 Å². The Morgan fingerprint density at radius 3 is 2.50 bits per heavy atom. The molecule has 1 heterocycles. The van der Waals surface area contributed by atoms with Crippen molar-refractivity contribution < 1.29 is 4.79 Å². The van der Waals surface area contributed by atoms with Crippen LogP contribution in [0.3, 0.4) is 0 Å². The van der Waals surface area contributed by atoms with Crippen LogP contribution in [0.1, 0.15) is 5.56 Å². The number of para-hydroxylation sites is 2. The number of fused-ring (bicyclic) bond motifs is 1. The number of rotatable bonds is 7. The van der Waals surface area contributed by atoms with Gasteiger partial charge in [0.15, 0.2) is 5.16 Å². The number of benzene rings is 3. The van der Waals surface area contributed by atoms with Crippen LogP contribution in [0.4, 0.5) is 0 Å². The van der Waals surface area contributed by atoms with Crippen LogP contribution in [0.5, 0.6) is 0 Å². The van der Waals surface area contributed by atoms with Crippen molar-refractivity contribution in [2.75, 3.05) is 12.0 Å². The summed E-state index contributed by atoms with van der Waals surface area (Å²) in [6.07, 6.45) is 3.61. The third-order valence-electron chi connectivity index (χ3n) is 4.61. The summed E-state index contributed by atoms with van der Waals surface area (Å²) in [4.78, 5) is 31.3. The molecule has 3 aromatic carbocycles. The molecule has 0 bridgehead atoms. The predicted octanol–water partition coefficient (Wildman–Crippen LogP) is 4.35. The third-order valence-corrected chi connectivity index (χ3v) is 6.29. The van der Waals surface area contributed by atoms with Crippen molar-refractivity contribution in [3.8, 4) is 5.69 Å². The van der Waals surface area contributed by atoms with Gasteiger partial charge in [-0.05, 0) is 48.2 Å². The number of amides is 1. The Hall–Kier alpha value is -3.36. The highest BCUT2D eigenvalue weighted by Gasteiger charge is 2.14. The number of nitrogens with zero attached hydrogens (tertiary/aromatic N) is 3. The Morgan fingerprint density at radius 2 is 1.75 bits per heavy atom. The van der Waals surface area contributed by atoms with E-state index < -0.39 is 0 Å². The van der Waals surface area contributed by atoms with Gasteiger partial charge >= 0.3 is 0 Å². The average molecular weight is 461 g/mol. The van der Waals surface area contributed by atoms with Gasteiger partial charge in [0, 0.05) is 4.90 Å². The topological polar surface area (TPSA) is 76.3 Å². The van der Waals surface area contributed by atoms with Crippen LogP contribution in [-0.2, 0) is 4.79 Å². The molecule has 32 heavy (non-hydrogen) atoms. The molecule has 0 aliphatic carbocycles. The molecular formula is C24H20N4O2S2. The Bertz CT molecular complexity index is 1320. The molecule has 0 unspecified atom stereocenters. The lowest BCUT2D eigenvalue weighted by molar-refractivity contribution is -0.118. The number of nitrogens with one attached hydrogen (secondary N) is 1. The average Bonchev–Trinajstić information content (AvgIpc) is 2.84. The molecule has 4 rings (SSSR count). The fourth-order valence-electron chi connectivity index (χ4n) is 3.05. The number of hydrogen-bond donors (Lipinski definition) is 1. The molecule has 0 saturated carbocycles. The van der Waals surface area contributed by atoms with Crippen molar-refractivity contribution in [2.45, 2.75) is 10.1 Å². The lowest BCUT2D eigenvalue weighted by Crippen LogP contribution is -2.24. The summed E-state index contributed by atoms with van der Waals surface area (Å²) in [6.45, 7) is 0. The van der Waals surface area contributed by atoms with Gasteiger partial charge in [-0.2, -0.15) is 5.10 Å². The lowest BCUT2D eigenvalue weighted by Gasteiger charge is -2.12. The van der Waals surface area contributed by atoms with Gasteiger partial charge in [0.05, 0.1) is 28.6 Å². The fraction of sp³-hybridized carbons (Fsp3) is 0.0833. The van der Waals surface area contributed by atoms with Gasteiger partial charge in [-0.1, -0.05) is 54.2 Å². The van der Waals surface area contributed by atoms with Crippen molar-refractivity contribution in [1.82, 2.24) is 15.0 Å². The molecule has 8 heteroatoms. The maximum Gasteiger partial charge on any atom is 0.266 e. The number of carbonyl (C=O) groups excluding carboxylic acids is 1. The van der Waals surface area contributed by atoms with E-state index in [2.05, 4.69) is 15.5 Å². The van der Waals surface area contributed by atoms with E-state index in [1.807, 2.05) is 73.0 Å². The molecule has 0 aliphatic rings. The second-order valence-electron chi connectivity index (χ2n) is 6.74. The first-order valence-electron chi connectivity index (χ1n) is 9.81. The van der Waals surface area contributed by atoms with Crippen LogP contribution in [0.15, 0.2) is 98.8 Å². The summed E-state index contributed by atoms with van der Waals surface area (Å²) >= 11 is 2.86. The highest BCUT2D eigenvalue weighted by Crippen LogP contribution is 2.21. The highest BCUT2D eigenvalue weighted by atomic mass is 32.2. The van der Waals surface area contributed by atoms with Crippen molar-refractivity contribution in [2.24, 2.45) is 5.10 Å². The van der Waals surface area contributed by atoms with Gasteiger partial charge in [0.1, 0.15) is 0 Å². The molecule has 0 atom stereocenters. The number of thioether (sulfide) groups is 2. The zero-order valence-electron chi connectivity index (χ0n) is 17.3. The van der Waals surface area contributed by atoms with E-state index in [0.29, 0.717) is 21.7 Å². The summed E-state index contributed by atoms with van der Waals surface area (Å²) in [6, 6.07) is 24.4. The second-order valence-corrected chi connectivity index (χ2v) is 8.56. The number of aromatic nitrogens is 2. The number of carbonyl (C=O) groups is 1. The Balaban J connectivity index is 1.51. The molecule has 6 nitrogen and oxygen atoms in total. The molecule has 0 fully saturated rings. The first kappa shape index (κ1) is 21.9. The standard InChI is InChI=1S/C24H20N4O2S2/c1-31-19-13-11-17(12-14-19)15-25-27-22(29)16-32-24-26-21-10-6-5-9-20(21)23(30)28(24)18-7-3-2-4-8-18/h2-15H,16H2,1H3,(H,27,29)/b25-15+. The minimum absolute atomic E-state index is 0.0698. The van der Waals surface area contributed by atoms with E-state index in [-0.39, 0.29) is 17.2 Å². The minimum Gasteiger partial charge on any atom is -0.272 e. The van der Waals surface area contributed by atoms with Crippen LogP contribution in [-0.4, -0.2) is 33.7 Å². The molecule has 0 radical (unpaired) electrons. The monoisotopic (exact) mass is 460 g/mol. The quantitative estimate of drug-likeness (QED) is 0.192. The first-order valence-corrected chi connectivity index (χ1v) is 12.0. The van der Waals surface area contributed by atoms with Crippen molar-refractivity contribution >= 4 is 46.5 Å². The van der Waals surface area contributed by atoms with Gasteiger partial charge in [-0.15, -0.1) is 11.8 Å². The summed E-state index contributed by atoms with van der Waals surface area (Å²) < 4.78 is 1.54. The summed E-state index contributed by atoms with van der Waals surface area (Å²) in [5.74, 6) is -0.214. The lowest BCUT2D eigenvalue weighted by atomic mass is 10.2. The number of hydrazone groups is 1. The molecule has 0 saturated heterocycles. The van der Waals surface area contributed by atoms with E-state index in [4.69, 9.17) is 0 Å². The van der Waals surface area contributed by atoms with Gasteiger partial charge in [-0.3, -0.25) is 14.2 Å². The molecule has 4 aromatic rings. The summed E-state index contributed by atoms with van der Waals surface area (Å²) in [5, 5.41) is 5.00. The van der Waals surface area contributed by atoms with Crippen molar-refractivity contribution in [3.63, 3.8) is 0 Å². The minimum atomic E-state index is -0.283. The summed E-state index contributed by atoms with van der Waals surface area (Å²) in [7, 11) is 0. The maximum atomic E-state index is 13.2. The summed E-state index contributed by atoms with van der Waals surface area (Å²) in [5.41, 5.74) is 4.55. The van der Waals surface area contributed by atoms with Gasteiger partial charge in [0.2, 0.25) is 0 Å². The largest absolute Gasteiger partial charge is 0.272 e. The first-order chi connectivity index (χ1) is 15.7. The molecular weight excluding hydrogens is 440 g/mol. The van der Waals surface area contributed by atoms with Crippen molar-refractivity contribution in [3.05, 3.63) is 94.8 Å². The Labute approximate surface area is 193 Å². The normalized spacial score (nSPS) is 11.2. The van der Waals surface area contributed by atoms with Crippen molar-refractivity contribution in [1.29, 1.82) is 0 Å². The smallest absolute Gasteiger partial charge is 0.266 e. The van der Waals surface area contributed by atoms with Gasteiger partial charge < -0.3 is 0 Å². The van der Waals surface area contributed by atoms with Crippen LogP contribution < -0.4 is 11.0 Å². The Kier molecular flexibility index (Phi) is 7.03. The van der Waals surface area contributed by atoms with E-state index in [0.717, 1.165) is 10.5 Å². The molecule has 160 valence electrons. The van der Waals surface area contributed by atoms with Crippen LogP contribution >= 0.6 is 23.5 Å². The molecule has 1 amide bonds. The van der Waals surface area contributed by atoms with E-state index >= 15 is 0 Å². The molecule has 0 spiro atoms. The molecule has 1 aromatic heterocycles. The Morgan fingerprint density at radius 1 is 1.03 bits per heavy atom. The molecule has 0 aliphatic heterocycles. The zero-order chi connectivity index (χ0) is 22.3. The van der Waals surface area contributed by atoms with Crippen LogP contribution in [0.25, 0.3) is 16.6 Å². The third kappa shape index (κ3) is 5.09. The maximum absolute atomic E-state index is 13.2. The van der Waals surface area contributed by atoms with Crippen LogP contribution in [0, 0.1) is 0 Å².